The molecule has 0 saturated heterocycles. The fourth-order valence-corrected chi connectivity index (χ4v) is 3.72. The Kier molecular flexibility index (Phi) is 5.83. The van der Waals surface area contributed by atoms with Crippen LogP contribution >= 0.6 is 11.6 Å². The molecule has 0 unspecified atom stereocenters. The molecule has 0 fully saturated rings. The van der Waals surface area contributed by atoms with Crippen molar-refractivity contribution in [3.8, 4) is 0 Å². The molecule has 2 aromatic rings. The Bertz CT molecular complexity index is 1140. The highest BCUT2D eigenvalue weighted by molar-refractivity contribution is 6.30. The molecule has 0 saturated carbocycles. The van der Waals surface area contributed by atoms with E-state index in [0.29, 0.717) is 16.3 Å². The summed E-state index contributed by atoms with van der Waals surface area (Å²) < 4.78 is 9.87. The number of hydrogen-bond donors (Lipinski definition) is 2. The van der Waals surface area contributed by atoms with Gasteiger partial charge in [-0.1, -0.05) is 35.9 Å². The predicted octanol–water partition coefficient (Wildman–Crippen LogP) is 2.64. The van der Waals surface area contributed by atoms with E-state index in [1.807, 2.05) is 0 Å². The molecule has 2 heterocycles. The van der Waals surface area contributed by atoms with Crippen molar-refractivity contribution in [1.29, 1.82) is 0 Å². The van der Waals surface area contributed by atoms with Crippen LogP contribution in [0.15, 0.2) is 59.8 Å². The molecule has 32 heavy (non-hydrogen) atoms. The number of cyclic esters (lactones) is 1. The maximum atomic E-state index is 12.8. The number of anilines is 1. The Morgan fingerprint density at radius 1 is 1.19 bits per heavy atom. The molecule has 4 rings (SSSR count). The van der Waals surface area contributed by atoms with Gasteiger partial charge in [0.25, 0.3) is 0 Å². The maximum absolute atomic E-state index is 12.8. The molecule has 0 aliphatic carbocycles. The predicted molar refractivity (Wildman–Crippen MR) is 114 cm³/mol. The zero-order chi connectivity index (χ0) is 22.8. The van der Waals surface area contributed by atoms with Gasteiger partial charge >= 0.3 is 18.0 Å². The van der Waals surface area contributed by atoms with Crippen molar-refractivity contribution in [3.63, 3.8) is 0 Å². The van der Waals surface area contributed by atoms with E-state index >= 15 is 0 Å². The number of esters is 2. The number of para-hydroxylation sites is 1. The van der Waals surface area contributed by atoms with Crippen LogP contribution in [0.1, 0.15) is 22.0 Å². The standard InChI is InChI=1S/C22H18ClN3O6/c1-31-20(28)14-4-2-3-5-15(14)24-17(27)10-26-16-11-32-21(29)18(16)19(25-22(26)30)12-6-8-13(23)9-7-12/h2-9,19H,10-11H2,1H3,(H,24,27)(H,25,30)/t19-/m0/s1. The fraction of sp³-hybridized carbons (Fsp3) is 0.182. The van der Waals surface area contributed by atoms with E-state index in [4.69, 9.17) is 21.1 Å². The number of nitrogens with one attached hydrogen (secondary N) is 2. The molecule has 2 N–H and O–H groups in total. The largest absolute Gasteiger partial charge is 0.465 e. The van der Waals surface area contributed by atoms with Gasteiger partial charge < -0.3 is 20.1 Å². The highest BCUT2D eigenvalue weighted by atomic mass is 35.5. The van der Waals surface area contributed by atoms with E-state index in [9.17, 15) is 19.2 Å². The molecule has 2 aliphatic heterocycles. The van der Waals surface area contributed by atoms with E-state index in [1.54, 1.807) is 42.5 Å². The average molecular weight is 456 g/mol. The first kappa shape index (κ1) is 21.4. The van der Waals surface area contributed by atoms with Crippen LogP contribution in [0.5, 0.6) is 0 Å². The monoisotopic (exact) mass is 455 g/mol. The zero-order valence-corrected chi connectivity index (χ0v) is 17.6. The van der Waals surface area contributed by atoms with Gasteiger partial charge in [0.2, 0.25) is 5.91 Å². The van der Waals surface area contributed by atoms with Crippen LogP contribution in [0.3, 0.4) is 0 Å². The van der Waals surface area contributed by atoms with Crippen molar-refractivity contribution in [2.45, 2.75) is 6.04 Å². The number of ether oxygens (including phenoxy) is 2. The van der Waals surface area contributed by atoms with Crippen LogP contribution in [0.4, 0.5) is 10.5 Å². The Balaban J connectivity index is 1.58. The first-order valence-corrected chi connectivity index (χ1v) is 9.97. The highest BCUT2D eigenvalue weighted by Gasteiger charge is 2.42. The lowest BCUT2D eigenvalue weighted by Crippen LogP contribution is -2.49. The lowest BCUT2D eigenvalue weighted by atomic mass is 9.96. The Morgan fingerprint density at radius 2 is 1.91 bits per heavy atom. The quantitative estimate of drug-likeness (QED) is 0.670. The summed E-state index contributed by atoms with van der Waals surface area (Å²) in [6, 6.07) is 11.8. The fourth-order valence-electron chi connectivity index (χ4n) is 3.60. The molecular weight excluding hydrogens is 438 g/mol. The van der Waals surface area contributed by atoms with E-state index in [0.717, 1.165) is 4.90 Å². The Labute approximate surface area is 187 Å². The van der Waals surface area contributed by atoms with Gasteiger partial charge in [-0.25, -0.2) is 14.4 Å². The molecule has 0 aromatic heterocycles. The van der Waals surface area contributed by atoms with Gasteiger partial charge in [0, 0.05) is 5.02 Å². The van der Waals surface area contributed by atoms with Crippen LogP contribution in [0.25, 0.3) is 0 Å². The van der Waals surface area contributed by atoms with Gasteiger partial charge in [-0.3, -0.25) is 9.69 Å². The van der Waals surface area contributed by atoms with Crippen LogP contribution in [-0.4, -0.2) is 49.0 Å². The van der Waals surface area contributed by atoms with Crippen LogP contribution in [0.2, 0.25) is 5.02 Å². The van der Waals surface area contributed by atoms with Crippen molar-refractivity contribution >= 4 is 41.2 Å². The van der Waals surface area contributed by atoms with Gasteiger partial charge in [-0.2, -0.15) is 0 Å². The number of carbonyl (C=O) groups excluding carboxylic acids is 4. The summed E-state index contributed by atoms with van der Waals surface area (Å²) in [6.45, 7) is -0.512. The van der Waals surface area contributed by atoms with Gasteiger partial charge in [0.15, 0.2) is 0 Å². The van der Waals surface area contributed by atoms with Crippen LogP contribution < -0.4 is 10.6 Å². The molecular formula is C22H18ClN3O6. The minimum absolute atomic E-state index is 0.127. The summed E-state index contributed by atoms with van der Waals surface area (Å²) >= 11 is 5.93. The van der Waals surface area contributed by atoms with E-state index in [1.165, 1.54) is 13.2 Å². The van der Waals surface area contributed by atoms with E-state index in [-0.39, 0.29) is 30.0 Å². The normalized spacial score (nSPS) is 17.4. The summed E-state index contributed by atoms with van der Waals surface area (Å²) in [5.41, 5.74) is 1.65. The number of hydrogen-bond acceptors (Lipinski definition) is 6. The summed E-state index contributed by atoms with van der Waals surface area (Å²) in [6.07, 6.45) is 0. The molecule has 0 bridgehead atoms. The van der Waals surface area contributed by atoms with Crippen molar-refractivity contribution in [2.75, 3.05) is 25.6 Å². The smallest absolute Gasteiger partial charge is 0.339 e. The first-order valence-electron chi connectivity index (χ1n) is 9.60. The van der Waals surface area contributed by atoms with E-state index < -0.39 is 29.9 Å². The summed E-state index contributed by atoms with van der Waals surface area (Å²) in [4.78, 5) is 51.0. The van der Waals surface area contributed by atoms with Crippen molar-refractivity contribution in [2.24, 2.45) is 0 Å². The molecule has 10 heteroatoms. The molecule has 3 amide bonds. The third-order valence-corrected chi connectivity index (χ3v) is 5.36. The zero-order valence-electron chi connectivity index (χ0n) is 16.9. The summed E-state index contributed by atoms with van der Waals surface area (Å²) in [7, 11) is 1.24. The van der Waals surface area contributed by atoms with Crippen molar-refractivity contribution < 1.29 is 28.7 Å². The lowest BCUT2D eigenvalue weighted by Gasteiger charge is -2.32. The molecule has 164 valence electrons. The van der Waals surface area contributed by atoms with Crippen LogP contribution in [0, 0.1) is 0 Å². The second-order valence-electron chi connectivity index (χ2n) is 7.04. The molecule has 0 radical (unpaired) electrons. The molecule has 9 nitrogen and oxygen atoms in total. The third kappa shape index (κ3) is 4.02. The van der Waals surface area contributed by atoms with Gasteiger partial charge in [0.05, 0.1) is 35.7 Å². The second-order valence-corrected chi connectivity index (χ2v) is 7.48. The first-order chi connectivity index (χ1) is 15.4. The second kappa shape index (κ2) is 8.72. The van der Waals surface area contributed by atoms with Gasteiger partial charge in [0.1, 0.15) is 13.2 Å². The maximum Gasteiger partial charge on any atom is 0.339 e. The summed E-state index contributed by atoms with van der Waals surface area (Å²) in [5, 5.41) is 5.87. The molecule has 1 atom stereocenters. The Morgan fingerprint density at radius 3 is 2.62 bits per heavy atom. The molecule has 0 spiro atoms. The van der Waals surface area contributed by atoms with Crippen LogP contribution in [-0.2, 0) is 19.1 Å². The summed E-state index contributed by atoms with van der Waals surface area (Å²) in [5.74, 6) is -1.74. The average Bonchev–Trinajstić information content (AvgIpc) is 3.17. The number of urea groups is 1. The number of benzene rings is 2. The van der Waals surface area contributed by atoms with E-state index in [2.05, 4.69) is 10.6 Å². The highest BCUT2D eigenvalue weighted by Crippen LogP contribution is 2.35. The number of rotatable bonds is 5. The van der Waals surface area contributed by atoms with Gasteiger partial charge in [-0.05, 0) is 29.8 Å². The number of methoxy groups -OCH3 is 1. The Hall–Kier alpha value is -3.85. The van der Waals surface area contributed by atoms with Crippen molar-refractivity contribution in [3.05, 3.63) is 76.0 Å². The number of halogens is 1. The topological polar surface area (TPSA) is 114 Å². The minimum Gasteiger partial charge on any atom is -0.465 e. The molecule has 2 aromatic carbocycles. The number of amides is 3. The van der Waals surface area contributed by atoms with Crippen molar-refractivity contribution in [1.82, 2.24) is 10.2 Å². The molecule has 2 aliphatic rings. The SMILES string of the molecule is COC(=O)c1ccccc1NC(=O)CN1C(=O)N[C@@H](c2ccc(Cl)cc2)C2=C1COC2=O. The third-order valence-electron chi connectivity index (χ3n) is 5.11. The number of nitrogens with zero attached hydrogens (tertiary/aromatic N) is 1. The van der Waals surface area contributed by atoms with Gasteiger partial charge in [-0.15, -0.1) is 0 Å². The number of carbonyl (C=O) groups is 4. The minimum atomic E-state index is -0.718. The lowest BCUT2D eigenvalue weighted by molar-refractivity contribution is -0.136.